The molecule has 0 unspecified atom stereocenters. The van der Waals surface area contributed by atoms with Crippen LogP contribution >= 0.6 is 24.0 Å². The van der Waals surface area contributed by atoms with Gasteiger partial charge in [-0.2, -0.15) is 0 Å². The van der Waals surface area contributed by atoms with Crippen molar-refractivity contribution in [3.63, 3.8) is 0 Å². The molecule has 0 bridgehead atoms. The lowest BCUT2D eigenvalue weighted by Gasteiger charge is -2.26. The first-order valence-corrected chi connectivity index (χ1v) is 8.92. The summed E-state index contributed by atoms with van der Waals surface area (Å²) in [7, 11) is 0. The van der Waals surface area contributed by atoms with E-state index >= 15 is 0 Å². The van der Waals surface area contributed by atoms with Crippen LogP contribution < -0.4 is 4.74 Å². The highest BCUT2D eigenvalue weighted by molar-refractivity contribution is 8.26. The van der Waals surface area contributed by atoms with Crippen LogP contribution in [-0.2, 0) is 9.59 Å². The van der Waals surface area contributed by atoms with Gasteiger partial charge in [0.2, 0.25) is 0 Å². The summed E-state index contributed by atoms with van der Waals surface area (Å²) in [5, 5.41) is 9.45. The summed E-state index contributed by atoms with van der Waals surface area (Å²) in [5.41, 5.74) is 0.723. The molecule has 1 atom stereocenters. The van der Waals surface area contributed by atoms with Gasteiger partial charge in [-0.1, -0.05) is 68.7 Å². The van der Waals surface area contributed by atoms with E-state index in [-0.39, 0.29) is 10.2 Å². The Morgan fingerprint density at radius 3 is 2.72 bits per heavy atom. The van der Waals surface area contributed by atoms with Crippen LogP contribution in [-0.4, -0.2) is 38.9 Å². The number of nitrogens with zero attached hydrogens (tertiary/aromatic N) is 1. The van der Waals surface area contributed by atoms with Crippen LogP contribution in [0.1, 0.15) is 19.4 Å². The molecule has 1 heterocycles. The van der Waals surface area contributed by atoms with Gasteiger partial charge in [0, 0.05) is 5.56 Å². The first kappa shape index (κ1) is 19.2. The fourth-order valence-corrected chi connectivity index (χ4v) is 3.75. The third kappa shape index (κ3) is 4.29. The number of thiocarbonyl (C=S) groups is 1. The van der Waals surface area contributed by atoms with Gasteiger partial charge in [0.1, 0.15) is 22.7 Å². The van der Waals surface area contributed by atoms with Gasteiger partial charge in [0.15, 0.2) is 0 Å². The third-order valence-electron chi connectivity index (χ3n) is 3.55. The third-order valence-corrected chi connectivity index (χ3v) is 4.88. The van der Waals surface area contributed by atoms with E-state index in [9.17, 15) is 14.7 Å². The topological polar surface area (TPSA) is 66.8 Å². The molecule has 7 heteroatoms. The summed E-state index contributed by atoms with van der Waals surface area (Å²) in [5.74, 6) is -1.11. The highest BCUT2D eigenvalue weighted by atomic mass is 32.2. The minimum atomic E-state index is -1.07. The molecule has 1 aliphatic rings. The van der Waals surface area contributed by atoms with Crippen LogP contribution in [0.5, 0.6) is 5.75 Å². The Hall–Kier alpha value is -2.12. The number of carboxylic acids is 1. The molecule has 0 aliphatic carbocycles. The van der Waals surface area contributed by atoms with Crippen molar-refractivity contribution in [1.29, 1.82) is 0 Å². The predicted octanol–water partition coefficient (Wildman–Crippen LogP) is 3.56. The fraction of sp³-hybridized carbons (Fsp3) is 0.278. The van der Waals surface area contributed by atoms with E-state index in [0.717, 1.165) is 17.3 Å². The number of rotatable bonds is 7. The highest BCUT2D eigenvalue weighted by Crippen LogP contribution is 2.36. The van der Waals surface area contributed by atoms with Crippen LogP contribution in [0.4, 0.5) is 0 Å². The second kappa shape index (κ2) is 8.31. The minimum absolute atomic E-state index is 0.252. The van der Waals surface area contributed by atoms with Gasteiger partial charge in [-0.3, -0.25) is 9.69 Å². The van der Waals surface area contributed by atoms with Crippen molar-refractivity contribution >= 4 is 46.3 Å². The molecule has 1 amide bonds. The molecule has 2 rings (SSSR count). The molecule has 0 spiro atoms. The summed E-state index contributed by atoms with van der Waals surface area (Å²) < 4.78 is 5.84. The molecule has 0 aromatic heterocycles. The Bertz CT molecular complexity index is 742. The van der Waals surface area contributed by atoms with E-state index < -0.39 is 17.9 Å². The maximum atomic E-state index is 12.7. The molecule has 1 N–H and O–H groups in total. The van der Waals surface area contributed by atoms with Crippen molar-refractivity contribution in [1.82, 2.24) is 4.90 Å². The van der Waals surface area contributed by atoms with Crippen LogP contribution in [0.25, 0.3) is 6.08 Å². The number of benzene rings is 1. The number of aliphatic carboxylic acids is 1. The van der Waals surface area contributed by atoms with E-state index in [2.05, 4.69) is 6.58 Å². The fourth-order valence-electron chi connectivity index (χ4n) is 2.43. The second-order valence-corrected chi connectivity index (χ2v) is 7.39. The number of ether oxygens (including phenoxy) is 1. The standard InChI is InChI=1S/C18H19NO4S2/c1-4-9-23-13-8-6-5-7-12(13)10-14-16(20)19(18(24)25-14)15(11(2)3)17(21)22/h4-8,10-11,15H,1,9H2,2-3H3,(H,21,22)/b14-10-/t15-/m0/s1. The zero-order valence-corrected chi connectivity index (χ0v) is 15.6. The largest absolute Gasteiger partial charge is 0.489 e. The predicted molar refractivity (Wildman–Crippen MR) is 103 cm³/mol. The van der Waals surface area contributed by atoms with Crippen molar-refractivity contribution in [3.05, 3.63) is 47.4 Å². The number of carbonyl (C=O) groups is 2. The number of carbonyl (C=O) groups excluding carboxylic acids is 1. The van der Waals surface area contributed by atoms with E-state index in [0.29, 0.717) is 17.3 Å². The summed E-state index contributed by atoms with van der Waals surface area (Å²) in [4.78, 5) is 25.8. The maximum absolute atomic E-state index is 12.7. The molecule has 0 saturated carbocycles. The van der Waals surface area contributed by atoms with Gasteiger partial charge in [-0.25, -0.2) is 4.79 Å². The van der Waals surface area contributed by atoms with E-state index in [1.165, 1.54) is 4.90 Å². The molecule has 1 aromatic carbocycles. The average molecular weight is 377 g/mol. The molecular formula is C18H19NO4S2. The van der Waals surface area contributed by atoms with Gasteiger partial charge >= 0.3 is 5.97 Å². The molecule has 5 nitrogen and oxygen atoms in total. The van der Waals surface area contributed by atoms with Gasteiger partial charge in [-0.05, 0) is 18.1 Å². The molecular weight excluding hydrogens is 358 g/mol. The summed E-state index contributed by atoms with van der Waals surface area (Å²) in [6.07, 6.45) is 3.31. The van der Waals surface area contributed by atoms with E-state index in [1.807, 2.05) is 18.2 Å². The number of thioether (sulfide) groups is 1. The Balaban J connectivity index is 2.35. The number of para-hydroxylation sites is 1. The molecule has 1 aromatic rings. The zero-order chi connectivity index (χ0) is 18.6. The van der Waals surface area contributed by atoms with Gasteiger partial charge < -0.3 is 9.84 Å². The molecule has 132 valence electrons. The number of hydrogen-bond donors (Lipinski definition) is 1. The summed E-state index contributed by atoms with van der Waals surface area (Å²) in [6, 6.07) is 6.30. The van der Waals surface area contributed by atoms with Crippen LogP contribution in [0.3, 0.4) is 0 Å². The van der Waals surface area contributed by atoms with Crippen LogP contribution in [0.2, 0.25) is 0 Å². The number of amides is 1. The van der Waals surface area contributed by atoms with E-state index in [4.69, 9.17) is 17.0 Å². The Kier molecular flexibility index (Phi) is 6.39. The molecule has 0 radical (unpaired) electrons. The molecule has 1 saturated heterocycles. The Labute approximate surface area is 156 Å². The van der Waals surface area contributed by atoms with Crippen LogP contribution in [0, 0.1) is 5.92 Å². The average Bonchev–Trinajstić information content (AvgIpc) is 2.81. The lowest BCUT2D eigenvalue weighted by atomic mass is 10.0. The maximum Gasteiger partial charge on any atom is 0.327 e. The second-order valence-electron chi connectivity index (χ2n) is 5.72. The first-order valence-electron chi connectivity index (χ1n) is 7.69. The Morgan fingerprint density at radius 2 is 2.12 bits per heavy atom. The molecule has 25 heavy (non-hydrogen) atoms. The van der Waals surface area contributed by atoms with Gasteiger partial charge in [0.25, 0.3) is 5.91 Å². The first-order chi connectivity index (χ1) is 11.9. The van der Waals surface area contributed by atoms with Crippen LogP contribution in [0.15, 0.2) is 41.8 Å². The number of hydrogen-bond acceptors (Lipinski definition) is 5. The molecule has 1 aliphatic heterocycles. The van der Waals surface area contributed by atoms with Crippen molar-refractivity contribution < 1.29 is 19.4 Å². The Morgan fingerprint density at radius 1 is 1.44 bits per heavy atom. The summed E-state index contributed by atoms with van der Waals surface area (Å²) >= 11 is 6.35. The SMILES string of the molecule is C=CCOc1ccccc1/C=C1\SC(=S)N([C@H](C(=O)O)C(C)C)C1=O. The molecule has 1 fully saturated rings. The van der Waals surface area contributed by atoms with Gasteiger partial charge in [-0.15, -0.1) is 0 Å². The summed E-state index contributed by atoms with van der Waals surface area (Å²) in [6.45, 7) is 7.46. The van der Waals surface area contributed by atoms with Crippen molar-refractivity contribution in [3.8, 4) is 5.75 Å². The van der Waals surface area contributed by atoms with E-state index in [1.54, 1.807) is 32.1 Å². The zero-order valence-electron chi connectivity index (χ0n) is 14.0. The lowest BCUT2D eigenvalue weighted by Crippen LogP contribution is -2.47. The lowest BCUT2D eigenvalue weighted by molar-refractivity contribution is -0.146. The van der Waals surface area contributed by atoms with Crippen molar-refractivity contribution in [2.45, 2.75) is 19.9 Å². The highest BCUT2D eigenvalue weighted by Gasteiger charge is 2.41. The number of carboxylic acid groups (broad SMARTS) is 1. The minimum Gasteiger partial charge on any atom is -0.489 e. The smallest absolute Gasteiger partial charge is 0.327 e. The quantitative estimate of drug-likeness (QED) is 0.445. The normalized spacial score (nSPS) is 17.2. The van der Waals surface area contributed by atoms with Crippen molar-refractivity contribution in [2.24, 2.45) is 5.92 Å². The van der Waals surface area contributed by atoms with Crippen molar-refractivity contribution in [2.75, 3.05) is 6.61 Å². The monoisotopic (exact) mass is 377 g/mol. The van der Waals surface area contributed by atoms with Gasteiger partial charge in [0.05, 0.1) is 4.91 Å².